The van der Waals surface area contributed by atoms with Gasteiger partial charge >= 0.3 is 6.09 Å². The lowest BCUT2D eigenvalue weighted by Crippen LogP contribution is -2.35. The SMILES string of the molecule is Cc1c(-c2ccc(N3C(=O)OCC3Cc3ccccc3)cc2)nc2n1CCc1ccccc1C2OC1CCN(C)CC1. The summed E-state index contributed by atoms with van der Waals surface area (Å²) >= 11 is 0. The number of aromatic nitrogens is 2. The maximum Gasteiger partial charge on any atom is 0.414 e. The largest absolute Gasteiger partial charge is 0.447 e. The Kier molecular flexibility index (Phi) is 7.30. The molecule has 3 aliphatic heterocycles. The molecular formula is C35H38N4O3. The zero-order valence-corrected chi connectivity index (χ0v) is 24.4. The Bertz CT molecular complexity index is 1560. The van der Waals surface area contributed by atoms with E-state index < -0.39 is 0 Å². The van der Waals surface area contributed by atoms with Crippen molar-refractivity contribution in [2.75, 3.05) is 31.6 Å². The minimum atomic E-state index is -0.291. The van der Waals surface area contributed by atoms with Gasteiger partial charge in [-0.05, 0) is 68.5 Å². The Morgan fingerprint density at radius 3 is 2.45 bits per heavy atom. The highest BCUT2D eigenvalue weighted by Gasteiger charge is 2.35. The molecule has 1 aromatic heterocycles. The number of aryl methyl sites for hydroxylation is 1. The molecule has 7 nitrogen and oxygen atoms in total. The van der Waals surface area contributed by atoms with E-state index in [4.69, 9.17) is 14.5 Å². The number of likely N-dealkylation sites (tertiary alicyclic amines) is 1. The summed E-state index contributed by atoms with van der Waals surface area (Å²) in [6.45, 7) is 5.54. The molecule has 4 aromatic rings. The molecule has 0 radical (unpaired) electrons. The fourth-order valence-corrected chi connectivity index (χ4v) is 6.74. The molecule has 7 heteroatoms. The summed E-state index contributed by atoms with van der Waals surface area (Å²) < 4.78 is 14.7. The van der Waals surface area contributed by atoms with Crippen molar-refractivity contribution in [3.63, 3.8) is 0 Å². The van der Waals surface area contributed by atoms with Gasteiger partial charge in [-0.2, -0.15) is 0 Å². The van der Waals surface area contributed by atoms with Crippen molar-refractivity contribution in [1.29, 1.82) is 0 Å². The molecule has 1 amide bonds. The second-order valence-corrected chi connectivity index (χ2v) is 11.9. The van der Waals surface area contributed by atoms with Gasteiger partial charge in [-0.3, -0.25) is 4.90 Å². The van der Waals surface area contributed by atoms with Crippen LogP contribution in [0, 0.1) is 6.92 Å². The first-order chi connectivity index (χ1) is 20.5. The van der Waals surface area contributed by atoms with Crippen LogP contribution in [0.25, 0.3) is 11.3 Å². The fraction of sp³-hybridized carbons (Fsp3) is 0.371. The average Bonchev–Trinajstić information content (AvgIpc) is 3.49. The molecule has 2 atom stereocenters. The average molecular weight is 563 g/mol. The standard InChI is InChI=1S/C35H38N4O3/c1-24-32(27-12-14-28(15-13-27)39-29(23-41-35(39)40)22-25-8-4-3-5-9-25)36-34-33(42-30-17-19-37(2)20-18-30)31-11-7-6-10-26(31)16-21-38(24)34/h3-15,29-30,33H,16-23H2,1-2H3. The van der Waals surface area contributed by atoms with Crippen LogP contribution in [0.1, 0.15) is 47.2 Å². The number of anilines is 1. The summed E-state index contributed by atoms with van der Waals surface area (Å²) in [4.78, 5) is 22.2. The van der Waals surface area contributed by atoms with E-state index in [1.165, 1.54) is 16.7 Å². The van der Waals surface area contributed by atoms with Crippen LogP contribution in [0.2, 0.25) is 0 Å². The summed E-state index contributed by atoms with van der Waals surface area (Å²) in [5, 5.41) is 0. The van der Waals surface area contributed by atoms with Crippen LogP contribution in [0.15, 0.2) is 78.9 Å². The first-order valence-corrected chi connectivity index (χ1v) is 15.1. The van der Waals surface area contributed by atoms with Gasteiger partial charge in [-0.1, -0.05) is 66.7 Å². The molecule has 7 rings (SSSR count). The summed E-state index contributed by atoms with van der Waals surface area (Å²) in [7, 11) is 2.18. The number of nitrogens with zero attached hydrogens (tertiary/aromatic N) is 4. The summed E-state index contributed by atoms with van der Waals surface area (Å²) in [6.07, 6.45) is 3.51. The number of hydrogen-bond acceptors (Lipinski definition) is 5. The zero-order chi connectivity index (χ0) is 28.6. The van der Waals surface area contributed by atoms with Crippen LogP contribution in [0.4, 0.5) is 10.5 Å². The van der Waals surface area contributed by atoms with Crippen molar-refractivity contribution in [1.82, 2.24) is 14.5 Å². The third-order valence-electron chi connectivity index (χ3n) is 9.12. The van der Waals surface area contributed by atoms with Crippen LogP contribution in [0.3, 0.4) is 0 Å². The summed E-state index contributed by atoms with van der Waals surface area (Å²) in [6, 6.07) is 27.1. The Labute approximate surface area is 247 Å². The van der Waals surface area contributed by atoms with Crippen molar-refractivity contribution in [2.24, 2.45) is 0 Å². The van der Waals surface area contributed by atoms with Crippen LogP contribution in [-0.4, -0.2) is 59.4 Å². The molecule has 0 aliphatic carbocycles. The lowest BCUT2D eigenvalue weighted by molar-refractivity contribution is -0.0276. The van der Waals surface area contributed by atoms with Crippen LogP contribution in [0.5, 0.6) is 0 Å². The lowest BCUT2D eigenvalue weighted by atomic mass is 9.99. The van der Waals surface area contributed by atoms with Crippen molar-refractivity contribution >= 4 is 11.8 Å². The number of carbonyl (C=O) groups excluding carboxylic acids is 1. The second-order valence-electron chi connectivity index (χ2n) is 11.9. The quantitative estimate of drug-likeness (QED) is 0.281. The Hall–Kier alpha value is -3.94. The zero-order valence-electron chi connectivity index (χ0n) is 24.4. The topological polar surface area (TPSA) is 59.8 Å². The molecule has 0 spiro atoms. The Balaban J connectivity index is 1.18. The van der Waals surface area contributed by atoms with Gasteiger partial charge < -0.3 is 18.9 Å². The fourth-order valence-electron chi connectivity index (χ4n) is 6.74. The Morgan fingerprint density at radius 2 is 1.67 bits per heavy atom. The predicted molar refractivity (Wildman–Crippen MR) is 164 cm³/mol. The molecule has 216 valence electrons. The van der Waals surface area contributed by atoms with Crippen molar-refractivity contribution in [3.8, 4) is 11.3 Å². The normalized spacial score (nSPS) is 21.1. The third kappa shape index (κ3) is 5.12. The van der Waals surface area contributed by atoms with Gasteiger partial charge in [0.2, 0.25) is 0 Å². The molecule has 42 heavy (non-hydrogen) atoms. The number of rotatable bonds is 6. The molecule has 2 fully saturated rings. The van der Waals surface area contributed by atoms with Crippen LogP contribution < -0.4 is 4.90 Å². The van der Waals surface area contributed by atoms with Gasteiger partial charge in [0.25, 0.3) is 0 Å². The maximum absolute atomic E-state index is 12.7. The van der Waals surface area contributed by atoms with Gasteiger partial charge in [0, 0.05) is 36.6 Å². The van der Waals surface area contributed by atoms with Crippen molar-refractivity contribution in [3.05, 3.63) is 107 Å². The molecule has 0 N–H and O–H groups in total. The molecule has 2 saturated heterocycles. The highest BCUT2D eigenvalue weighted by atomic mass is 16.6. The van der Waals surface area contributed by atoms with E-state index in [1.54, 1.807) is 4.90 Å². The minimum absolute atomic E-state index is 0.0336. The third-order valence-corrected chi connectivity index (χ3v) is 9.12. The Morgan fingerprint density at radius 1 is 0.929 bits per heavy atom. The number of carbonyl (C=O) groups is 1. The summed E-state index contributed by atoms with van der Waals surface area (Å²) in [5.41, 5.74) is 7.76. The molecule has 2 unspecified atom stereocenters. The van der Waals surface area contributed by atoms with E-state index in [-0.39, 0.29) is 24.3 Å². The van der Waals surface area contributed by atoms with Gasteiger partial charge in [0.1, 0.15) is 18.5 Å². The first kappa shape index (κ1) is 26.9. The molecule has 3 aliphatic rings. The van der Waals surface area contributed by atoms with Gasteiger partial charge in [0.05, 0.1) is 17.8 Å². The number of benzene rings is 3. The van der Waals surface area contributed by atoms with E-state index in [0.29, 0.717) is 6.61 Å². The minimum Gasteiger partial charge on any atom is -0.447 e. The monoisotopic (exact) mass is 562 g/mol. The van der Waals surface area contributed by atoms with Crippen molar-refractivity contribution in [2.45, 2.75) is 57.4 Å². The predicted octanol–water partition coefficient (Wildman–Crippen LogP) is 6.18. The summed E-state index contributed by atoms with van der Waals surface area (Å²) in [5.74, 6) is 0.988. The maximum atomic E-state index is 12.7. The first-order valence-electron chi connectivity index (χ1n) is 15.1. The van der Waals surface area contributed by atoms with E-state index >= 15 is 0 Å². The number of imidazole rings is 1. The van der Waals surface area contributed by atoms with E-state index in [9.17, 15) is 4.79 Å². The lowest BCUT2D eigenvalue weighted by Gasteiger charge is -2.32. The molecule has 0 bridgehead atoms. The number of piperidine rings is 1. The molecule has 0 saturated carbocycles. The van der Waals surface area contributed by atoms with Crippen LogP contribution in [-0.2, 0) is 28.9 Å². The molecule has 4 heterocycles. The number of hydrogen-bond donors (Lipinski definition) is 0. The highest BCUT2D eigenvalue weighted by molar-refractivity contribution is 5.90. The smallest absolute Gasteiger partial charge is 0.414 e. The molecular weight excluding hydrogens is 524 g/mol. The number of cyclic esters (lactones) is 1. The highest BCUT2D eigenvalue weighted by Crippen LogP contribution is 2.38. The second kappa shape index (κ2) is 11.4. The number of amides is 1. The molecule has 3 aromatic carbocycles. The van der Waals surface area contributed by atoms with Gasteiger partial charge in [0.15, 0.2) is 0 Å². The van der Waals surface area contributed by atoms with E-state index in [1.807, 2.05) is 30.3 Å². The number of ether oxygens (including phenoxy) is 2. The number of fused-ring (bicyclic) bond motifs is 2. The van der Waals surface area contributed by atoms with Gasteiger partial charge in [-0.25, -0.2) is 9.78 Å². The van der Waals surface area contributed by atoms with E-state index in [0.717, 1.165) is 73.8 Å². The van der Waals surface area contributed by atoms with Gasteiger partial charge in [-0.15, -0.1) is 0 Å². The van der Waals surface area contributed by atoms with Crippen LogP contribution >= 0.6 is 0 Å². The van der Waals surface area contributed by atoms with E-state index in [2.05, 4.69) is 72.0 Å². The van der Waals surface area contributed by atoms with Crippen molar-refractivity contribution < 1.29 is 14.3 Å².